The summed E-state index contributed by atoms with van der Waals surface area (Å²) in [6.45, 7) is 3.81. The molecule has 1 heterocycles. The number of thioether (sulfide) groups is 1. The maximum atomic E-state index is 12.3. The summed E-state index contributed by atoms with van der Waals surface area (Å²) in [5.74, 6) is -1.28. The summed E-state index contributed by atoms with van der Waals surface area (Å²) in [6.07, 6.45) is 0.691. The van der Waals surface area contributed by atoms with Crippen LogP contribution in [0.3, 0.4) is 0 Å². The van der Waals surface area contributed by atoms with Crippen molar-refractivity contribution in [1.29, 1.82) is 0 Å². The Morgan fingerprint density at radius 2 is 1.85 bits per heavy atom. The lowest BCUT2D eigenvalue weighted by atomic mass is 10.1. The molecule has 2 aromatic rings. The van der Waals surface area contributed by atoms with E-state index in [-0.39, 0.29) is 0 Å². The second kappa shape index (κ2) is 6.17. The molecule has 1 aromatic heterocycles. The number of hydrogen-bond donors (Lipinski definition) is 1. The van der Waals surface area contributed by atoms with Crippen molar-refractivity contribution in [3.05, 3.63) is 35.7 Å². The summed E-state index contributed by atoms with van der Waals surface area (Å²) in [5, 5.41) is 0. The SMILES string of the molecule is CCc1nc(N)c(C)c(-c2ccc(SC(F)F)cc2)n1. The van der Waals surface area contributed by atoms with E-state index in [2.05, 4.69) is 9.97 Å². The molecule has 2 rings (SSSR count). The Labute approximate surface area is 120 Å². The van der Waals surface area contributed by atoms with Crippen LogP contribution < -0.4 is 5.73 Å². The minimum absolute atomic E-state index is 0.456. The lowest BCUT2D eigenvalue weighted by Crippen LogP contribution is -2.04. The third kappa shape index (κ3) is 3.25. The van der Waals surface area contributed by atoms with Crippen LogP contribution in [0.2, 0.25) is 0 Å². The van der Waals surface area contributed by atoms with Crippen LogP contribution >= 0.6 is 11.8 Å². The Balaban J connectivity index is 2.38. The van der Waals surface area contributed by atoms with Crippen LogP contribution in [0, 0.1) is 6.92 Å². The highest BCUT2D eigenvalue weighted by molar-refractivity contribution is 7.99. The van der Waals surface area contributed by atoms with Gasteiger partial charge in [0.2, 0.25) is 0 Å². The number of nitrogens with two attached hydrogens (primary N) is 1. The Bertz CT molecular complexity index is 600. The van der Waals surface area contributed by atoms with Crippen molar-refractivity contribution in [2.24, 2.45) is 0 Å². The molecule has 0 saturated heterocycles. The molecular weight excluding hydrogens is 280 g/mol. The number of nitrogens with zero attached hydrogens (tertiary/aromatic N) is 2. The average molecular weight is 295 g/mol. The molecule has 0 atom stereocenters. The molecule has 0 unspecified atom stereocenters. The highest BCUT2D eigenvalue weighted by Gasteiger charge is 2.11. The summed E-state index contributed by atoms with van der Waals surface area (Å²) in [6, 6.07) is 6.88. The molecule has 106 valence electrons. The Kier molecular flexibility index (Phi) is 4.54. The van der Waals surface area contributed by atoms with Gasteiger partial charge in [0.15, 0.2) is 0 Å². The zero-order chi connectivity index (χ0) is 14.7. The van der Waals surface area contributed by atoms with Gasteiger partial charge in [0.1, 0.15) is 11.6 Å². The van der Waals surface area contributed by atoms with Crippen molar-refractivity contribution >= 4 is 17.6 Å². The first-order chi connectivity index (χ1) is 9.51. The number of alkyl halides is 2. The van der Waals surface area contributed by atoms with Gasteiger partial charge in [-0.1, -0.05) is 30.8 Å². The molecule has 0 radical (unpaired) electrons. The molecule has 0 fully saturated rings. The molecule has 0 amide bonds. The zero-order valence-electron chi connectivity index (χ0n) is 11.2. The first-order valence-electron chi connectivity index (χ1n) is 6.19. The number of aryl methyl sites for hydroxylation is 1. The monoisotopic (exact) mass is 295 g/mol. The normalized spacial score (nSPS) is 11.1. The number of benzene rings is 1. The standard InChI is InChI=1S/C14H15F2N3S/c1-3-11-18-12(8(2)13(17)19-11)9-4-6-10(7-5-9)20-14(15)16/h4-7,14H,3H2,1-2H3,(H2,17,18,19). The van der Waals surface area contributed by atoms with E-state index in [1.807, 2.05) is 13.8 Å². The molecule has 3 nitrogen and oxygen atoms in total. The molecular formula is C14H15F2N3S. The Morgan fingerprint density at radius 1 is 1.20 bits per heavy atom. The first kappa shape index (κ1) is 14.7. The van der Waals surface area contributed by atoms with Crippen molar-refractivity contribution in [3.8, 4) is 11.3 Å². The van der Waals surface area contributed by atoms with Gasteiger partial charge in [-0.25, -0.2) is 9.97 Å². The number of halogens is 2. The number of anilines is 1. The predicted octanol–water partition coefficient (Wildman–Crippen LogP) is 3.91. The van der Waals surface area contributed by atoms with E-state index in [1.165, 1.54) is 0 Å². The van der Waals surface area contributed by atoms with Crippen LogP contribution in [0.5, 0.6) is 0 Å². The summed E-state index contributed by atoms with van der Waals surface area (Å²) in [7, 11) is 0. The maximum absolute atomic E-state index is 12.3. The van der Waals surface area contributed by atoms with Crippen molar-refractivity contribution in [2.75, 3.05) is 5.73 Å². The van der Waals surface area contributed by atoms with E-state index in [0.717, 1.165) is 16.8 Å². The van der Waals surface area contributed by atoms with Gasteiger partial charge < -0.3 is 5.73 Å². The third-order valence-electron chi connectivity index (χ3n) is 2.90. The molecule has 0 aliphatic rings. The fraction of sp³-hybridized carbons (Fsp3) is 0.286. The molecule has 0 bridgehead atoms. The highest BCUT2D eigenvalue weighted by Crippen LogP contribution is 2.29. The van der Waals surface area contributed by atoms with Crippen molar-refractivity contribution < 1.29 is 8.78 Å². The van der Waals surface area contributed by atoms with E-state index in [4.69, 9.17) is 5.73 Å². The first-order valence-corrected chi connectivity index (χ1v) is 7.07. The van der Waals surface area contributed by atoms with Crippen LogP contribution in [0.1, 0.15) is 18.3 Å². The van der Waals surface area contributed by atoms with E-state index in [9.17, 15) is 8.78 Å². The fourth-order valence-electron chi connectivity index (χ4n) is 1.82. The van der Waals surface area contributed by atoms with E-state index in [1.54, 1.807) is 24.3 Å². The van der Waals surface area contributed by atoms with Gasteiger partial charge in [0.25, 0.3) is 5.76 Å². The van der Waals surface area contributed by atoms with Gasteiger partial charge >= 0.3 is 0 Å². The van der Waals surface area contributed by atoms with Gasteiger partial charge in [-0.05, 0) is 19.1 Å². The molecule has 1 aromatic carbocycles. The Morgan fingerprint density at radius 3 is 2.40 bits per heavy atom. The van der Waals surface area contributed by atoms with Gasteiger partial charge in [-0.15, -0.1) is 0 Å². The van der Waals surface area contributed by atoms with Gasteiger partial charge in [-0.2, -0.15) is 8.78 Å². The minimum Gasteiger partial charge on any atom is -0.383 e. The van der Waals surface area contributed by atoms with E-state index in [0.29, 0.717) is 34.7 Å². The number of hydrogen-bond acceptors (Lipinski definition) is 4. The molecule has 0 aliphatic carbocycles. The van der Waals surface area contributed by atoms with Gasteiger partial charge in [0, 0.05) is 22.4 Å². The van der Waals surface area contributed by atoms with Crippen LogP contribution in [-0.4, -0.2) is 15.7 Å². The van der Waals surface area contributed by atoms with Crippen LogP contribution in [0.4, 0.5) is 14.6 Å². The van der Waals surface area contributed by atoms with Crippen molar-refractivity contribution in [1.82, 2.24) is 9.97 Å². The molecule has 2 N–H and O–H groups in total. The topological polar surface area (TPSA) is 51.8 Å². The fourth-order valence-corrected chi connectivity index (χ4v) is 2.31. The number of aromatic nitrogens is 2. The van der Waals surface area contributed by atoms with Crippen LogP contribution in [-0.2, 0) is 6.42 Å². The second-order valence-electron chi connectivity index (χ2n) is 4.26. The summed E-state index contributed by atoms with van der Waals surface area (Å²) in [5.41, 5.74) is 8.28. The smallest absolute Gasteiger partial charge is 0.288 e. The van der Waals surface area contributed by atoms with Gasteiger partial charge in [0.05, 0.1) is 5.69 Å². The molecule has 0 spiro atoms. The minimum atomic E-state index is -2.41. The van der Waals surface area contributed by atoms with Crippen LogP contribution in [0.25, 0.3) is 11.3 Å². The zero-order valence-corrected chi connectivity index (χ0v) is 12.0. The highest BCUT2D eigenvalue weighted by atomic mass is 32.2. The second-order valence-corrected chi connectivity index (χ2v) is 5.32. The van der Waals surface area contributed by atoms with Crippen molar-refractivity contribution in [2.45, 2.75) is 30.9 Å². The summed E-state index contributed by atoms with van der Waals surface area (Å²) >= 11 is 0.527. The number of rotatable bonds is 4. The predicted molar refractivity (Wildman–Crippen MR) is 77.9 cm³/mol. The maximum Gasteiger partial charge on any atom is 0.288 e. The van der Waals surface area contributed by atoms with E-state index >= 15 is 0 Å². The number of nitrogen functional groups attached to an aromatic ring is 1. The quantitative estimate of drug-likeness (QED) is 0.869. The largest absolute Gasteiger partial charge is 0.383 e. The van der Waals surface area contributed by atoms with Gasteiger partial charge in [-0.3, -0.25) is 0 Å². The lowest BCUT2D eigenvalue weighted by molar-refractivity contribution is 0.252. The van der Waals surface area contributed by atoms with Crippen LogP contribution in [0.15, 0.2) is 29.2 Å². The average Bonchev–Trinajstić information content (AvgIpc) is 2.42. The third-order valence-corrected chi connectivity index (χ3v) is 3.62. The molecule has 0 aliphatic heterocycles. The summed E-state index contributed by atoms with van der Waals surface area (Å²) < 4.78 is 24.6. The van der Waals surface area contributed by atoms with Crippen molar-refractivity contribution in [3.63, 3.8) is 0 Å². The molecule has 20 heavy (non-hydrogen) atoms. The summed E-state index contributed by atoms with van der Waals surface area (Å²) in [4.78, 5) is 9.19. The molecule has 6 heteroatoms. The lowest BCUT2D eigenvalue weighted by Gasteiger charge is -2.10. The molecule has 0 saturated carbocycles. The van der Waals surface area contributed by atoms with E-state index < -0.39 is 5.76 Å². The Hall–Kier alpha value is -1.69.